The number of morpholine rings is 1. The molecule has 23 heavy (non-hydrogen) atoms. The standard InChI is InChI=1S/C19H18FNO2/c20-18-7-2-1-4-15(18)8-9-19(22)16-5-3-6-17(14-16)21-10-12-23-13-11-21/h1-9,14H,10-13H2. The summed E-state index contributed by atoms with van der Waals surface area (Å²) < 4.78 is 18.9. The van der Waals surface area contributed by atoms with Gasteiger partial charge < -0.3 is 9.64 Å². The summed E-state index contributed by atoms with van der Waals surface area (Å²) in [7, 11) is 0. The van der Waals surface area contributed by atoms with Gasteiger partial charge in [0.25, 0.3) is 0 Å². The normalized spacial score (nSPS) is 15.1. The number of carbonyl (C=O) groups is 1. The van der Waals surface area contributed by atoms with Crippen molar-refractivity contribution in [1.82, 2.24) is 0 Å². The predicted molar refractivity (Wildman–Crippen MR) is 89.2 cm³/mol. The van der Waals surface area contributed by atoms with Crippen LogP contribution >= 0.6 is 0 Å². The monoisotopic (exact) mass is 311 g/mol. The van der Waals surface area contributed by atoms with Crippen molar-refractivity contribution in [2.45, 2.75) is 0 Å². The summed E-state index contributed by atoms with van der Waals surface area (Å²) in [6.07, 6.45) is 2.93. The van der Waals surface area contributed by atoms with Crippen LogP contribution in [0.2, 0.25) is 0 Å². The maximum absolute atomic E-state index is 13.6. The number of carbonyl (C=O) groups excluding carboxylic acids is 1. The van der Waals surface area contributed by atoms with E-state index >= 15 is 0 Å². The highest BCUT2D eigenvalue weighted by Crippen LogP contribution is 2.18. The number of hydrogen-bond acceptors (Lipinski definition) is 3. The quantitative estimate of drug-likeness (QED) is 0.639. The van der Waals surface area contributed by atoms with E-state index in [-0.39, 0.29) is 11.6 Å². The van der Waals surface area contributed by atoms with Crippen LogP contribution in [0.25, 0.3) is 6.08 Å². The first-order valence-electron chi connectivity index (χ1n) is 7.64. The lowest BCUT2D eigenvalue weighted by Gasteiger charge is -2.29. The second-order valence-electron chi connectivity index (χ2n) is 5.37. The summed E-state index contributed by atoms with van der Waals surface area (Å²) in [6, 6.07) is 13.9. The molecule has 0 amide bonds. The van der Waals surface area contributed by atoms with E-state index in [0.717, 1.165) is 18.8 Å². The Morgan fingerprint density at radius 3 is 2.65 bits per heavy atom. The lowest BCUT2D eigenvalue weighted by molar-refractivity contribution is 0.104. The largest absolute Gasteiger partial charge is 0.378 e. The number of allylic oxidation sites excluding steroid dienone is 1. The molecule has 1 heterocycles. The Bertz CT molecular complexity index is 721. The molecule has 118 valence electrons. The Morgan fingerprint density at radius 2 is 1.87 bits per heavy atom. The van der Waals surface area contributed by atoms with Crippen molar-refractivity contribution < 1.29 is 13.9 Å². The van der Waals surface area contributed by atoms with Gasteiger partial charge in [-0.05, 0) is 30.4 Å². The first-order chi connectivity index (χ1) is 11.2. The molecule has 0 spiro atoms. The molecule has 3 nitrogen and oxygen atoms in total. The Morgan fingerprint density at radius 1 is 1.09 bits per heavy atom. The Kier molecular flexibility index (Phi) is 4.83. The molecule has 1 saturated heterocycles. The van der Waals surface area contributed by atoms with Crippen molar-refractivity contribution in [3.63, 3.8) is 0 Å². The Labute approximate surface area is 135 Å². The molecule has 0 radical (unpaired) electrons. The molecule has 1 aliphatic rings. The van der Waals surface area contributed by atoms with Crippen LogP contribution in [0.1, 0.15) is 15.9 Å². The highest BCUT2D eigenvalue weighted by atomic mass is 19.1. The molecule has 0 atom stereocenters. The van der Waals surface area contributed by atoms with E-state index in [4.69, 9.17) is 4.74 Å². The van der Waals surface area contributed by atoms with Gasteiger partial charge >= 0.3 is 0 Å². The van der Waals surface area contributed by atoms with E-state index in [1.54, 1.807) is 24.3 Å². The number of anilines is 1. The zero-order valence-corrected chi connectivity index (χ0v) is 12.7. The molecule has 3 rings (SSSR count). The van der Waals surface area contributed by atoms with E-state index in [2.05, 4.69) is 4.90 Å². The maximum Gasteiger partial charge on any atom is 0.185 e. The molecule has 0 saturated carbocycles. The molecule has 0 N–H and O–H groups in total. The summed E-state index contributed by atoms with van der Waals surface area (Å²) >= 11 is 0. The zero-order valence-electron chi connectivity index (χ0n) is 12.7. The second kappa shape index (κ2) is 7.20. The van der Waals surface area contributed by atoms with Gasteiger partial charge in [-0.3, -0.25) is 4.79 Å². The molecular weight excluding hydrogens is 293 g/mol. The van der Waals surface area contributed by atoms with Crippen LogP contribution in [0, 0.1) is 5.82 Å². The molecular formula is C19H18FNO2. The number of benzene rings is 2. The maximum atomic E-state index is 13.6. The summed E-state index contributed by atoms with van der Waals surface area (Å²) in [5.41, 5.74) is 2.02. The van der Waals surface area contributed by atoms with Crippen LogP contribution in [0.4, 0.5) is 10.1 Å². The smallest absolute Gasteiger partial charge is 0.185 e. The number of ketones is 1. The van der Waals surface area contributed by atoms with Crippen molar-refractivity contribution in [2.75, 3.05) is 31.2 Å². The van der Waals surface area contributed by atoms with Crippen LogP contribution in [0.5, 0.6) is 0 Å². The van der Waals surface area contributed by atoms with Crippen LogP contribution < -0.4 is 4.90 Å². The van der Waals surface area contributed by atoms with Crippen LogP contribution in [-0.4, -0.2) is 32.1 Å². The third-order valence-electron chi connectivity index (χ3n) is 3.83. The van der Waals surface area contributed by atoms with Gasteiger partial charge in [0.05, 0.1) is 13.2 Å². The van der Waals surface area contributed by atoms with Gasteiger partial charge in [0.2, 0.25) is 0 Å². The van der Waals surface area contributed by atoms with Crippen molar-refractivity contribution >= 4 is 17.5 Å². The molecule has 2 aromatic rings. The van der Waals surface area contributed by atoms with Gasteiger partial charge in [0.15, 0.2) is 5.78 Å². The highest BCUT2D eigenvalue weighted by Gasteiger charge is 2.12. The zero-order chi connectivity index (χ0) is 16.1. The van der Waals surface area contributed by atoms with E-state index in [9.17, 15) is 9.18 Å². The molecule has 0 bridgehead atoms. The summed E-state index contributed by atoms with van der Waals surface area (Å²) in [4.78, 5) is 14.5. The van der Waals surface area contributed by atoms with Crippen LogP contribution in [0.15, 0.2) is 54.6 Å². The Hall–Kier alpha value is -2.46. The molecule has 1 fully saturated rings. The summed E-state index contributed by atoms with van der Waals surface area (Å²) in [6.45, 7) is 3.04. The van der Waals surface area contributed by atoms with Crippen molar-refractivity contribution in [3.8, 4) is 0 Å². The van der Waals surface area contributed by atoms with Crippen LogP contribution in [0.3, 0.4) is 0 Å². The van der Waals surface area contributed by atoms with Crippen molar-refractivity contribution in [1.29, 1.82) is 0 Å². The summed E-state index contributed by atoms with van der Waals surface area (Å²) in [5, 5.41) is 0. The van der Waals surface area contributed by atoms with E-state index < -0.39 is 0 Å². The SMILES string of the molecule is O=C(C=Cc1ccccc1F)c1cccc(N2CCOCC2)c1. The number of ether oxygens (including phenoxy) is 1. The average molecular weight is 311 g/mol. The minimum atomic E-state index is -0.335. The topological polar surface area (TPSA) is 29.5 Å². The van der Waals surface area contributed by atoms with E-state index in [0.29, 0.717) is 24.3 Å². The number of rotatable bonds is 4. The van der Waals surface area contributed by atoms with Crippen LogP contribution in [-0.2, 0) is 4.74 Å². The molecule has 0 unspecified atom stereocenters. The van der Waals surface area contributed by atoms with Gasteiger partial charge in [-0.1, -0.05) is 30.3 Å². The molecule has 0 aromatic heterocycles. The third-order valence-corrected chi connectivity index (χ3v) is 3.83. The van der Waals surface area contributed by atoms with Gasteiger partial charge in [0, 0.05) is 29.9 Å². The van der Waals surface area contributed by atoms with E-state index in [1.165, 1.54) is 18.2 Å². The van der Waals surface area contributed by atoms with Gasteiger partial charge in [-0.2, -0.15) is 0 Å². The highest BCUT2D eigenvalue weighted by molar-refractivity contribution is 6.07. The molecule has 4 heteroatoms. The van der Waals surface area contributed by atoms with Gasteiger partial charge in [-0.25, -0.2) is 4.39 Å². The van der Waals surface area contributed by atoms with E-state index in [1.807, 2.05) is 18.2 Å². The predicted octanol–water partition coefficient (Wildman–Crippen LogP) is 3.56. The molecule has 1 aliphatic heterocycles. The Balaban J connectivity index is 1.76. The van der Waals surface area contributed by atoms with Gasteiger partial charge in [0.1, 0.15) is 5.82 Å². The third kappa shape index (κ3) is 3.85. The minimum Gasteiger partial charge on any atom is -0.378 e. The fourth-order valence-corrected chi connectivity index (χ4v) is 2.55. The lowest BCUT2D eigenvalue weighted by atomic mass is 10.1. The number of hydrogen-bond donors (Lipinski definition) is 0. The van der Waals surface area contributed by atoms with Gasteiger partial charge in [-0.15, -0.1) is 0 Å². The first-order valence-corrected chi connectivity index (χ1v) is 7.64. The molecule has 0 aliphatic carbocycles. The van der Waals surface area contributed by atoms with Crippen molar-refractivity contribution in [2.24, 2.45) is 0 Å². The number of nitrogens with zero attached hydrogens (tertiary/aromatic N) is 1. The fraction of sp³-hybridized carbons (Fsp3) is 0.211. The lowest BCUT2D eigenvalue weighted by Crippen LogP contribution is -2.36. The molecule has 2 aromatic carbocycles. The minimum absolute atomic E-state index is 0.136. The number of halogens is 1. The second-order valence-corrected chi connectivity index (χ2v) is 5.37. The average Bonchev–Trinajstić information content (AvgIpc) is 2.62. The summed E-state index contributed by atoms with van der Waals surface area (Å²) in [5.74, 6) is -0.470. The fourth-order valence-electron chi connectivity index (χ4n) is 2.55. The van der Waals surface area contributed by atoms with Crippen molar-refractivity contribution in [3.05, 3.63) is 71.6 Å². The first kappa shape index (κ1) is 15.4.